The van der Waals surface area contributed by atoms with E-state index >= 15 is 0 Å². The third kappa shape index (κ3) is 3.52. The Morgan fingerprint density at radius 3 is 2.54 bits per heavy atom. The highest BCUT2D eigenvalue weighted by atomic mass is 32.2. The van der Waals surface area contributed by atoms with Gasteiger partial charge in [0.2, 0.25) is 10.0 Å². The second kappa shape index (κ2) is 6.54. The van der Waals surface area contributed by atoms with Crippen LogP contribution in [0, 0.1) is 5.82 Å². The summed E-state index contributed by atoms with van der Waals surface area (Å²) in [7, 11) is -3.79. The van der Waals surface area contributed by atoms with Crippen molar-refractivity contribution >= 4 is 10.0 Å². The average Bonchev–Trinajstić information content (AvgIpc) is 3.09. The Bertz CT molecular complexity index is 923. The third-order valence-corrected chi connectivity index (χ3v) is 5.17. The molecule has 1 atom stereocenters. The van der Waals surface area contributed by atoms with Crippen LogP contribution >= 0.6 is 0 Å². The number of imidazole rings is 1. The Hall–Kier alpha value is -2.51. The van der Waals surface area contributed by atoms with E-state index in [1.807, 2.05) is 35.0 Å². The van der Waals surface area contributed by atoms with Gasteiger partial charge in [0.25, 0.3) is 0 Å². The van der Waals surface area contributed by atoms with Gasteiger partial charge in [-0.25, -0.2) is 22.5 Å². The maximum absolute atomic E-state index is 13.2. The molecule has 0 amide bonds. The van der Waals surface area contributed by atoms with Gasteiger partial charge in [-0.05, 0) is 42.8 Å². The van der Waals surface area contributed by atoms with E-state index in [0.29, 0.717) is 0 Å². The molecule has 0 fully saturated rings. The molecule has 1 unspecified atom stereocenters. The van der Waals surface area contributed by atoms with Crippen molar-refractivity contribution in [3.8, 4) is 5.69 Å². The van der Waals surface area contributed by atoms with E-state index in [4.69, 9.17) is 0 Å². The first kappa shape index (κ1) is 16.4. The van der Waals surface area contributed by atoms with E-state index in [0.717, 1.165) is 17.3 Å². The summed E-state index contributed by atoms with van der Waals surface area (Å²) < 4.78 is 42.3. The molecule has 1 N–H and O–H groups in total. The van der Waals surface area contributed by atoms with Crippen LogP contribution in [-0.4, -0.2) is 18.0 Å². The van der Waals surface area contributed by atoms with Gasteiger partial charge in [0.15, 0.2) is 0 Å². The lowest BCUT2D eigenvalue weighted by molar-refractivity contribution is 0.564. The fraction of sp³-hybridized carbons (Fsp3) is 0.118. The van der Waals surface area contributed by atoms with Crippen molar-refractivity contribution in [1.82, 2.24) is 14.3 Å². The molecule has 0 aliphatic carbocycles. The first-order valence-electron chi connectivity index (χ1n) is 7.32. The highest BCUT2D eigenvalue weighted by Gasteiger charge is 2.18. The lowest BCUT2D eigenvalue weighted by Gasteiger charge is -2.15. The van der Waals surface area contributed by atoms with E-state index in [9.17, 15) is 12.8 Å². The quantitative estimate of drug-likeness (QED) is 0.773. The molecular formula is C17H16FN3O2S. The van der Waals surface area contributed by atoms with Crippen molar-refractivity contribution < 1.29 is 12.8 Å². The normalized spacial score (nSPS) is 12.9. The second-order valence-electron chi connectivity index (χ2n) is 5.36. The van der Waals surface area contributed by atoms with Crippen molar-refractivity contribution in [3.05, 3.63) is 78.6 Å². The summed E-state index contributed by atoms with van der Waals surface area (Å²) in [6.07, 6.45) is 5.19. The first-order chi connectivity index (χ1) is 11.5. The molecule has 0 spiro atoms. The van der Waals surface area contributed by atoms with Crippen molar-refractivity contribution in [1.29, 1.82) is 0 Å². The van der Waals surface area contributed by atoms with E-state index < -0.39 is 21.9 Å². The predicted octanol–water partition coefficient (Wildman–Crippen LogP) is 3.05. The fourth-order valence-electron chi connectivity index (χ4n) is 2.35. The lowest BCUT2D eigenvalue weighted by atomic mass is 10.1. The Morgan fingerprint density at radius 1 is 1.17 bits per heavy atom. The van der Waals surface area contributed by atoms with Crippen molar-refractivity contribution in [2.75, 3.05) is 0 Å². The molecule has 3 rings (SSSR count). The van der Waals surface area contributed by atoms with E-state index in [-0.39, 0.29) is 4.90 Å². The highest BCUT2D eigenvalue weighted by Crippen LogP contribution is 2.19. The molecule has 1 aromatic heterocycles. The molecule has 3 aromatic rings. The van der Waals surface area contributed by atoms with Crippen LogP contribution in [0.5, 0.6) is 0 Å². The van der Waals surface area contributed by atoms with E-state index in [1.54, 1.807) is 19.4 Å². The maximum Gasteiger partial charge on any atom is 0.241 e. The third-order valence-electron chi connectivity index (χ3n) is 3.63. The number of benzene rings is 2. The van der Waals surface area contributed by atoms with Crippen LogP contribution in [0.15, 0.2) is 72.1 Å². The number of aromatic nitrogens is 2. The van der Waals surface area contributed by atoms with Crippen LogP contribution in [-0.2, 0) is 10.0 Å². The molecule has 1 heterocycles. The van der Waals surface area contributed by atoms with Gasteiger partial charge in [-0.1, -0.05) is 18.2 Å². The van der Waals surface area contributed by atoms with Gasteiger partial charge in [-0.2, -0.15) is 0 Å². The SMILES string of the molecule is CC(NS(=O)(=O)c1cccc(F)c1)c1ccc(-n2ccnc2)cc1. The standard InChI is InChI=1S/C17H16FN3O2S/c1-13(20-24(22,23)17-4-2-3-15(18)11-17)14-5-7-16(8-6-14)21-10-9-19-12-21/h2-13,20H,1H3. The van der Waals surface area contributed by atoms with Gasteiger partial charge in [-0.15, -0.1) is 0 Å². The number of rotatable bonds is 5. The largest absolute Gasteiger partial charge is 0.306 e. The molecule has 2 aromatic carbocycles. The molecule has 124 valence electrons. The summed E-state index contributed by atoms with van der Waals surface area (Å²) >= 11 is 0. The summed E-state index contributed by atoms with van der Waals surface area (Å²) in [5, 5.41) is 0. The zero-order valence-electron chi connectivity index (χ0n) is 12.9. The van der Waals surface area contributed by atoms with E-state index in [2.05, 4.69) is 9.71 Å². The Kier molecular flexibility index (Phi) is 4.46. The lowest BCUT2D eigenvalue weighted by Crippen LogP contribution is -2.27. The fourth-order valence-corrected chi connectivity index (χ4v) is 3.61. The molecule has 0 aliphatic rings. The number of hydrogen-bond acceptors (Lipinski definition) is 3. The van der Waals surface area contributed by atoms with Crippen molar-refractivity contribution in [2.45, 2.75) is 17.9 Å². The Labute approximate surface area is 139 Å². The van der Waals surface area contributed by atoms with Crippen LogP contribution in [0.2, 0.25) is 0 Å². The van der Waals surface area contributed by atoms with E-state index in [1.165, 1.54) is 18.2 Å². The smallest absolute Gasteiger partial charge is 0.241 e. The van der Waals surface area contributed by atoms with Crippen molar-refractivity contribution in [3.63, 3.8) is 0 Å². The molecule has 7 heteroatoms. The Morgan fingerprint density at radius 2 is 1.92 bits per heavy atom. The summed E-state index contributed by atoms with van der Waals surface area (Å²) in [5.41, 5.74) is 1.73. The summed E-state index contributed by atoms with van der Waals surface area (Å²) in [6, 6.07) is 11.9. The van der Waals surface area contributed by atoms with Gasteiger partial charge in [0.1, 0.15) is 5.82 Å². The topological polar surface area (TPSA) is 64.0 Å². The monoisotopic (exact) mass is 345 g/mol. The van der Waals surface area contributed by atoms with Gasteiger partial charge in [-0.3, -0.25) is 0 Å². The van der Waals surface area contributed by atoms with Gasteiger partial charge < -0.3 is 4.57 Å². The second-order valence-corrected chi connectivity index (χ2v) is 7.08. The zero-order chi connectivity index (χ0) is 17.2. The minimum absolute atomic E-state index is 0.0932. The summed E-state index contributed by atoms with van der Waals surface area (Å²) in [5.74, 6) is -0.588. The van der Waals surface area contributed by atoms with Crippen LogP contribution in [0.4, 0.5) is 4.39 Å². The number of nitrogens with zero attached hydrogens (tertiary/aromatic N) is 2. The molecule has 0 saturated heterocycles. The maximum atomic E-state index is 13.2. The minimum atomic E-state index is -3.79. The summed E-state index contributed by atoms with van der Waals surface area (Å²) in [6.45, 7) is 1.74. The highest BCUT2D eigenvalue weighted by molar-refractivity contribution is 7.89. The van der Waals surface area contributed by atoms with Gasteiger partial charge in [0.05, 0.1) is 11.2 Å². The first-order valence-corrected chi connectivity index (χ1v) is 8.80. The van der Waals surface area contributed by atoms with Crippen LogP contribution in [0.25, 0.3) is 5.69 Å². The number of nitrogens with one attached hydrogen (secondary N) is 1. The molecule has 0 aliphatic heterocycles. The molecule has 5 nitrogen and oxygen atoms in total. The summed E-state index contributed by atoms with van der Waals surface area (Å²) in [4.78, 5) is 3.89. The predicted molar refractivity (Wildman–Crippen MR) is 88.7 cm³/mol. The molecule has 24 heavy (non-hydrogen) atoms. The van der Waals surface area contributed by atoms with Crippen molar-refractivity contribution in [2.24, 2.45) is 0 Å². The number of sulfonamides is 1. The van der Waals surface area contributed by atoms with Gasteiger partial charge >= 0.3 is 0 Å². The average molecular weight is 345 g/mol. The molecule has 0 radical (unpaired) electrons. The number of hydrogen-bond donors (Lipinski definition) is 1. The molecular weight excluding hydrogens is 329 g/mol. The zero-order valence-corrected chi connectivity index (χ0v) is 13.7. The van der Waals surface area contributed by atoms with Crippen LogP contribution in [0.1, 0.15) is 18.5 Å². The van der Waals surface area contributed by atoms with Gasteiger partial charge in [0, 0.05) is 24.1 Å². The molecule has 0 bridgehead atoms. The molecule has 0 saturated carbocycles. The number of halogens is 1. The van der Waals surface area contributed by atoms with Crippen LogP contribution < -0.4 is 4.72 Å². The Balaban J connectivity index is 1.78. The van der Waals surface area contributed by atoms with Crippen LogP contribution in [0.3, 0.4) is 0 Å². The minimum Gasteiger partial charge on any atom is -0.306 e.